The number of piperidine rings is 1. The van der Waals surface area contributed by atoms with E-state index < -0.39 is 11.9 Å². The Hall–Kier alpha value is -2.54. The molecule has 25 heavy (non-hydrogen) atoms. The number of rotatable bonds is 5. The molecule has 3 rings (SSSR count). The molecule has 1 aromatic carbocycles. The molecule has 2 N–H and O–H groups in total. The van der Waals surface area contributed by atoms with Gasteiger partial charge in [0.25, 0.3) is 0 Å². The predicted octanol–water partition coefficient (Wildman–Crippen LogP) is 2.14. The number of carbonyl (C=O) groups is 1. The largest absolute Gasteiger partial charge is 0.388 e. The summed E-state index contributed by atoms with van der Waals surface area (Å²) in [4.78, 5) is 14.1. The number of hydrogen-bond donors (Lipinski definition) is 2. The van der Waals surface area contributed by atoms with E-state index in [0.717, 1.165) is 18.7 Å². The lowest BCUT2D eigenvalue weighted by atomic mass is 10.0. The molecule has 132 valence electrons. The molecule has 1 aliphatic rings. The molecule has 2 aromatic rings. The summed E-state index contributed by atoms with van der Waals surface area (Å²) in [7, 11) is 0. The maximum absolute atomic E-state index is 13.2. The van der Waals surface area contributed by atoms with Crippen molar-refractivity contribution in [2.24, 2.45) is 0 Å². The molecule has 0 saturated carbocycles. The molecule has 7 heteroatoms. The maximum atomic E-state index is 13.2. The number of carbonyl (C=O) groups excluding carboxylic acids is 1. The van der Waals surface area contributed by atoms with E-state index in [2.05, 4.69) is 15.5 Å². The van der Waals surface area contributed by atoms with Crippen LogP contribution in [0, 0.1) is 5.82 Å². The van der Waals surface area contributed by atoms with Crippen molar-refractivity contribution >= 4 is 11.7 Å². The third-order valence-electron chi connectivity index (χ3n) is 4.37. The average Bonchev–Trinajstić information content (AvgIpc) is 2.63. The molecule has 1 unspecified atom stereocenters. The first-order valence-electron chi connectivity index (χ1n) is 8.37. The fourth-order valence-electron chi connectivity index (χ4n) is 2.99. The first-order chi connectivity index (χ1) is 12.1. The molecule has 1 fully saturated rings. The van der Waals surface area contributed by atoms with E-state index in [1.54, 1.807) is 17.2 Å². The zero-order valence-electron chi connectivity index (χ0n) is 13.8. The van der Waals surface area contributed by atoms with Gasteiger partial charge >= 0.3 is 0 Å². The molecule has 1 atom stereocenters. The molecule has 1 aromatic heterocycles. The van der Waals surface area contributed by atoms with Crippen molar-refractivity contribution in [1.82, 2.24) is 15.1 Å². The molecular formula is C18H21FN4O2. The summed E-state index contributed by atoms with van der Waals surface area (Å²) in [5.74, 6) is 0.198. The summed E-state index contributed by atoms with van der Waals surface area (Å²) in [5.41, 5.74) is 0.424. The minimum Gasteiger partial charge on any atom is -0.388 e. The summed E-state index contributed by atoms with van der Waals surface area (Å²) in [6.07, 6.45) is 2.21. The molecule has 6 nitrogen and oxygen atoms in total. The normalized spacial score (nSPS) is 16.5. The second-order valence-electron chi connectivity index (χ2n) is 6.18. The van der Waals surface area contributed by atoms with Crippen molar-refractivity contribution in [2.75, 3.05) is 18.4 Å². The SMILES string of the molecule is O=C(CC(O)c1cccc(F)c1)N1CCC(Nc2cccnn2)CC1. The Bertz CT molecular complexity index is 705. The van der Waals surface area contributed by atoms with Crippen molar-refractivity contribution in [3.63, 3.8) is 0 Å². The second-order valence-corrected chi connectivity index (χ2v) is 6.18. The molecule has 2 heterocycles. The van der Waals surface area contributed by atoms with E-state index in [1.165, 1.54) is 18.2 Å². The lowest BCUT2D eigenvalue weighted by Crippen LogP contribution is -2.42. The minimum atomic E-state index is -0.987. The van der Waals surface area contributed by atoms with Crippen LogP contribution in [-0.4, -0.2) is 45.2 Å². The number of hydrogen-bond acceptors (Lipinski definition) is 5. The van der Waals surface area contributed by atoms with Gasteiger partial charge in [0.1, 0.15) is 11.6 Å². The number of likely N-dealkylation sites (tertiary alicyclic amines) is 1. The maximum Gasteiger partial charge on any atom is 0.225 e. The third kappa shape index (κ3) is 4.73. The number of halogens is 1. The molecular weight excluding hydrogens is 323 g/mol. The molecule has 1 amide bonds. The van der Waals surface area contributed by atoms with E-state index in [1.807, 2.05) is 12.1 Å². The van der Waals surface area contributed by atoms with Crippen LogP contribution < -0.4 is 5.32 Å². The summed E-state index contributed by atoms with van der Waals surface area (Å²) in [6.45, 7) is 1.24. The quantitative estimate of drug-likeness (QED) is 0.869. The molecule has 0 bridgehead atoms. The first kappa shape index (κ1) is 17.3. The molecule has 1 saturated heterocycles. The fraction of sp³-hybridized carbons (Fsp3) is 0.389. The third-order valence-corrected chi connectivity index (χ3v) is 4.37. The number of aliphatic hydroxyl groups is 1. The summed E-state index contributed by atoms with van der Waals surface area (Å²) in [5, 5.41) is 21.3. The lowest BCUT2D eigenvalue weighted by molar-refractivity contribution is -0.134. The molecule has 0 radical (unpaired) electrons. The Balaban J connectivity index is 1.48. The highest BCUT2D eigenvalue weighted by molar-refractivity contribution is 5.77. The Morgan fingerprint density at radius 2 is 2.12 bits per heavy atom. The number of aliphatic hydroxyl groups excluding tert-OH is 1. The standard InChI is InChI=1S/C18H21FN4O2/c19-14-4-1-3-13(11-14)16(24)12-18(25)23-9-6-15(7-10-23)21-17-5-2-8-20-22-17/h1-5,8,11,15-16,24H,6-7,9-10,12H2,(H,21,22). The van der Waals surface area contributed by atoms with Crippen LogP contribution in [0.25, 0.3) is 0 Å². The van der Waals surface area contributed by atoms with Crippen molar-refractivity contribution in [1.29, 1.82) is 0 Å². The van der Waals surface area contributed by atoms with Gasteiger partial charge in [-0.05, 0) is 42.7 Å². The highest BCUT2D eigenvalue weighted by Crippen LogP contribution is 2.21. The van der Waals surface area contributed by atoms with Gasteiger partial charge in [-0.3, -0.25) is 4.79 Å². The first-order valence-corrected chi connectivity index (χ1v) is 8.37. The second kappa shape index (κ2) is 8.02. The van der Waals surface area contributed by atoms with Crippen LogP contribution in [0.4, 0.5) is 10.2 Å². The van der Waals surface area contributed by atoms with Crippen LogP contribution >= 0.6 is 0 Å². The summed E-state index contributed by atoms with van der Waals surface area (Å²) < 4.78 is 13.2. The fourth-order valence-corrected chi connectivity index (χ4v) is 2.99. The number of amides is 1. The van der Waals surface area contributed by atoms with Gasteiger partial charge in [0.05, 0.1) is 12.5 Å². The molecule has 0 aliphatic carbocycles. The topological polar surface area (TPSA) is 78.4 Å². The van der Waals surface area contributed by atoms with Crippen LogP contribution in [0.15, 0.2) is 42.6 Å². The lowest BCUT2D eigenvalue weighted by Gasteiger charge is -2.33. The van der Waals surface area contributed by atoms with Gasteiger partial charge in [0, 0.05) is 25.3 Å². The monoisotopic (exact) mass is 344 g/mol. The van der Waals surface area contributed by atoms with E-state index in [-0.39, 0.29) is 18.4 Å². The van der Waals surface area contributed by atoms with Crippen molar-refractivity contribution in [3.8, 4) is 0 Å². The average molecular weight is 344 g/mol. The van der Waals surface area contributed by atoms with E-state index in [0.29, 0.717) is 18.7 Å². The highest BCUT2D eigenvalue weighted by Gasteiger charge is 2.25. The number of nitrogens with one attached hydrogen (secondary N) is 1. The van der Waals surface area contributed by atoms with Gasteiger partial charge in [0.2, 0.25) is 5.91 Å². The molecule has 1 aliphatic heterocycles. The summed E-state index contributed by atoms with van der Waals surface area (Å²) in [6, 6.07) is 9.65. The van der Waals surface area contributed by atoms with Crippen molar-refractivity contribution in [3.05, 3.63) is 54.0 Å². The Morgan fingerprint density at radius 1 is 1.32 bits per heavy atom. The van der Waals surface area contributed by atoms with Gasteiger partial charge in [-0.1, -0.05) is 12.1 Å². The Kier molecular flexibility index (Phi) is 5.55. The van der Waals surface area contributed by atoms with E-state index >= 15 is 0 Å². The van der Waals surface area contributed by atoms with Gasteiger partial charge in [-0.25, -0.2) is 4.39 Å². The predicted molar refractivity (Wildman–Crippen MR) is 91.2 cm³/mol. The van der Waals surface area contributed by atoms with Crippen LogP contribution in [0.3, 0.4) is 0 Å². The van der Waals surface area contributed by atoms with Gasteiger partial charge < -0.3 is 15.3 Å². The highest BCUT2D eigenvalue weighted by atomic mass is 19.1. The summed E-state index contributed by atoms with van der Waals surface area (Å²) >= 11 is 0. The van der Waals surface area contributed by atoms with E-state index in [9.17, 15) is 14.3 Å². The number of benzene rings is 1. The minimum absolute atomic E-state index is 0.0360. The van der Waals surface area contributed by atoms with Gasteiger partial charge in [-0.2, -0.15) is 5.10 Å². The van der Waals surface area contributed by atoms with Crippen LogP contribution in [0.1, 0.15) is 30.9 Å². The van der Waals surface area contributed by atoms with Gasteiger partial charge in [0.15, 0.2) is 0 Å². The van der Waals surface area contributed by atoms with Crippen molar-refractivity contribution in [2.45, 2.75) is 31.4 Å². The Labute approximate surface area is 145 Å². The van der Waals surface area contributed by atoms with Crippen LogP contribution in [0.5, 0.6) is 0 Å². The van der Waals surface area contributed by atoms with Gasteiger partial charge in [-0.15, -0.1) is 5.10 Å². The van der Waals surface area contributed by atoms with Crippen LogP contribution in [-0.2, 0) is 4.79 Å². The number of aromatic nitrogens is 2. The number of nitrogens with zero attached hydrogens (tertiary/aromatic N) is 3. The van der Waals surface area contributed by atoms with Crippen LogP contribution in [0.2, 0.25) is 0 Å². The zero-order chi connectivity index (χ0) is 17.6. The zero-order valence-corrected chi connectivity index (χ0v) is 13.8. The van der Waals surface area contributed by atoms with E-state index in [4.69, 9.17) is 0 Å². The molecule has 0 spiro atoms. The Morgan fingerprint density at radius 3 is 2.80 bits per heavy atom. The smallest absolute Gasteiger partial charge is 0.225 e. The number of anilines is 1. The van der Waals surface area contributed by atoms with Crippen molar-refractivity contribution < 1.29 is 14.3 Å².